The summed E-state index contributed by atoms with van der Waals surface area (Å²) in [7, 11) is -2.21. The Balaban J connectivity index is 1.14. The van der Waals surface area contributed by atoms with Crippen molar-refractivity contribution in [3.8, 4) is 11.5 Å². The molecule has 1 fully saturated rings. The molecular formula is C35H46FN6O7PS. The van der Waals surface area contributed by atoms with Gasteiger partial charge in [0.15, 0.2) is 16.6 Å². The van der Waals surface area contributed by atoms with Gasteiger partial charge in [0, 0.05) is 47.8 Å². The molecule has 1 aliphatic rings. The molecule has 2 aromatic carbocycles. The predicted octanol–water partition coefficient (Wildman–Crippen LogP) is 7.76. The number of benzene rings is 2. The molecule has 3 heterocycles. The Morgan fingerprint density at radius 1 is 1.06 bits per heavy atom. The lowest BCUT2D eigenvalue weighted by Crippen LogP contribution is -2.28. The summed E-state index contributed by atoms with van der Waals surface area (Å²) < 4.78 is 56.4. The molecule has 0 spiro atoms. The van der Waals surface area contributed by atoms with Gasteiger partial charge >= 0.3 is 7.82 Å². The van der Waals surface area contributed by atoms with Gasteiger partial charge in [0.05, 0.1) is 43.0 Å². The fourth-order valence-electron chi connectivity index (χ4n) is 5.39. The summed E-state index contributed by atoms with van der Waals surface area (Å²) in [5.74, 6) is 0.897. The summed E-state index contributed by atoms with van der Waals surface area (Å²) in [4.78, 5) is 28.7. The van der Waals surface area contributed by atoms with Gasteiger partial charge in [-0.1, -0.05) is 6.07 Å². The average molecular weight is 745 g/mol. The van der Waals surface area contributed by atoms with Crippen molar-refractivity contribution in [2.75, 3.05) is 44.0 Å². The fraction of sp³-hybridized carbons (Fsp3) is 0.486. The molecule has 1 saturated heterocycles. The number of methoxy groups -OCH3 is 1. The van der Waals surface area contributed by atoms with Crippen LogP contribution in [0, 0.1) is 5.82 Å². The highest BCUT2D eigenvalue weighted by molar-refractivity contribution is 7.48. The highest BCUT2D eigenvalue weighted by Gasteiger charge is 2.40. The Morgan fingerprint density at radius 2 is 1.82 bits per heavy atom. The lowest BCUT2D eigenvalue weighted by Gasteiger charge is -2.32. The molecule has 1 atom stereocenters. The van der Waals surface area contributed by atoms with E-state index in [2.05, 4.69) is 30.5 Å². The molecule has 4 aromatic rings. The molecule has 1 unspecified atom stereocenters. The summed E-state index contributed by atoms with van der Waals surface area (Å²) in [6, 6.07) is 9.37. The van der Waals surface area contributed by atoms with Gasteiger partial charge in [-0.05, 0) is 78.6 Å². The van der Waals surface area contributed by atoms with Crippen LogP contribution >= 0.6 is 19.2 Å². The number of likely N-dealkylation sites (tertiary alicyclic amines) is 1. The molecule has 0 saturated carbocycles. The smallest absolute Gasteiger partial charge is 0.476 e. The first-order chi connectivity index (χ1) is 24.1. The van der Waals surface area contributed by atoms with Crippen LogP contribution in [0.3, 0.4) is 0 Å². The van der Waals surface area contributed by atoms with Crippen LogP contribution in [0.5, 0.6) is 11.5 Å². The number of amides is 1. The van der Waals surface area contributed by atoms with E-state index in [1.165, 1.54) is 35.9 Å². The number of nitrogens with zero attached hydrogens (tertiary/aromatic N) is 4. The van der Waals surface area contributed by atoms with E-state index in [1.54, 1.807) is 19.4 Å². The highest BCUT2D eigenvalue weighted by atomic mass is 32.1. The van der Waals surface area contributed by atoms with Gasteiger partial charge in [-0.25, -0.2) is 23.9 Å². The molecule has 51 heavy (non-hydrogen) atoms. The first kappa shape index (κ1) is 38.5. The van der Waals surface area contributed by atoms with Crippen LogP contribution in [0.4, 0.5) is 21.0 Å². The zero-order valence-corrected chi connectivity index (χ0v) is 31.7. The number of halogens is 1. The maximum atomic E-state index is 13.5. The summed E-state index contributed by atoms with van der Waals surface area (Å²) in [6.45, 7) is 13.6. The Bertz CT molecular complexity index is 1840. The maximum Gasteiger partial charge on any atom is 0.476 e. The lowest BCUT2D eigenvalue weighted by atomic mass is 10.2. The van der Waals surface area contributed by atoms with Crippen LogP contribution in [0.25, 0.3) is 10.9 Å². The Hall–Kier alpha value is -3.72. The van der Waals surface area contributed by atoms with Crippen molar-refractivity contribution >= 4 is 52.6 Å². The number of phosphoric acid groups is 1. The number of carbonyl (C=O) groups is 1. The molecule has 16 heteroatoms. The summed E-state index contributed by atoms with van der Waals surface area (Å²) >= 11 is 1.31. The topological polar surface area (TPSA) is 146 Å². The fourth-order valence-corrected chi connectivity index (χ4v) is 8.20. The van der Waals surface area contributed by atoms with Crippen molar-refractivity contribution in [1.82, 2.24) is 19.9 Å². The number of anilines is 3. The van der Waals surface area contributed by atoms with Crippen molar-refractivity contribution in [3.05, 3.63) is 59.6 Å². The third kappa shape index (κ3) is 11.6. The molecule has 0 radical (unpaired) electrons. The van der Waals surface area contributed by atoms with Gasteiger partial charge in [0.1, 0.15) is 18.0 Å². The molecular weight excluding hydrogens is 698 g/mol. The molecule has 13 nitrogen and oxygen atoms in total. The first-order valence-corrected chi connectivity index (χ1v) is 19.0. The van der Waals surface area contributed by atoms with Gasteiger partial charge in [0.25, 0.3) is 0 Å². The van der Waals surface area contributed by atoms with E-state index in [0.717, 1.165) is 24.4 Å². The quantitative estimate of drug-likeness (QED) is 0.0906. The molecule has 0 bridgehead atoms. The zero-order valence-electron chi connectivity index (χ0n) is 30.0. The number of ether oxygens (including phenoxy) is 2. The molecule has 1 aliphatic heterocycles. The Kier molecular flexibility index (Phi) is 12.3. The largest absolute Gasteiger partial charge is 0.493 e. The van der Waals surface area contributed by atoms with E-state index in [9.17, 15) is 13.8 Å². The van der Waals surface area contributed by atoms with Crippen molar-refractivity contribution in [3.63, 3.8) is 0 Å². The second-order valence-corrected chi connectivity index (χ2v) is 16.7. The van der Waals surface area contributed by atoms with Crippen molar-refractivity contribution in [2.24, 2.45) is 0 Å². The molecule has 276 valence electrons. The van der Waals surface area contributed by atoms with Crippen molar-refractivity contribution < 1.29 is 36.8 Å². The average Bonchev–Trinajstić information content (AvgIpc) is 3.65. The number of rotatable bonds is 15. The van der Waals surface area contributed by atoms with E-state index >= 15 is 0 Å². The molecule has 1 amide bonds. The van der Waals surface area contributed by atoms with Gasteiger partial charge in [-0.15, -0.1) is 11.3 Å². The van der Waals surface area contributed by atoms with Gasteiger partial charge in [-0.2, -0.15) is 0 Å². The maximum absolute atomic E-state index is 13.5. The van der Waals surface area contributed by atoms with Crippen LogP contribution in [0.2, 0.25) is 0 Å². The lowest BCUT2D eigenvalue weighted by molar-refractivity contribution is -0.115. The van der Waals surface area contributed by atoms with Gasteiger partial charge in [-0.3, -0.25) is 18.4 Å². The number of phosphoric ester groups is 1. The van der Waals surface area contributed by atoms with Gasteiger partial charge < -0.3 is 25.0 Å². The van der Waals surface area contributed by atoms with E-state index in [0.29, 0.717) is 58.6 Å². The van der Waals surface area contributed by atoms with Crippen LogP contribution in [-0.4, -0.2) is 76.4 Å². The number of fused-ring (bicyclic) bond motifs is 1. The minimum absolute atomic E-state index is 0.0852. The molecule has 2 aromatic heterocycles. The number of thiazole rings is 1. The van der Waals surface area contributed by atoms with E-state index in [4.69, 9.17) is 23.0 Å². The van der Waals surface area contributed by atoms with E-state index in [-0.39, 0.29) is 18.4 Å². The summed E-state index contributed by atoms with van der Waals surface area (Å²) in [6.07, 6.45) is 4.34. The van der Waals surface area contributed by atoms with Crippen LogP contribution < -0.4 is 20.1 Å². The van der Waals surface area contributed by atoms with Crippen LogP contribution in [0.15, 0.2) is 48.9 Å². The standard InChI is InChI=1S/C35H46FN6O7PS/c1-34(2,3)48-50(44,49-35(4,5)6)47-25-12-14-42(21-25)13-9-15-46-30-19-28-27(18-29(30)45-7)32(39-22-38-28)41-33-37-20-26(51-33)17-31(43)40-24-11-8-10-23(36)16-24/h8,10-11,16,18-20,22,25H,9,12-15,17,21H2,1-7H3,(H,40,43)(H,37,38,39,41). The predicted molar refractivity (Wildman–Crippen MR) is 196 cm³/mol. The van der Waals surface area contributed by atoms with Gasteiger partial charge in [0.2, 0.25) is 5.91 Å². The highest BCUT2D eigenvalue weighted by Crippen LogP contribution is 2.56. The normalized spacial score (nSPS) is 15.6. The second kappa shape index (κ2) is 16.3. The number of nitrogens with one attached hydrogen (secondary N) is 2. The summed E-state index contributed by atoms with van der Waals surface area (Å²) in [5, 5.41) is 7.16. The third-order valence-corrected chi connectivity index (χ3v) is 10.3. The van der Waals surface area contributed by atoms with Crippen LogP contribution in [0.1, 0.15) is 59.3 Å². The number of hydrogen-bond acceptors (Lipinski definition) is 13. The minimum Gasteiger partial charge on any atom is -0.493 e. The zero-order chi connectivity index (χ0) is 36.8. The second-order valence-electron chi connectivity index (χ2n) is 14.1. The third-order valence-electron chi connectivity index (χ3n) is 7.30. The van der Waals surface area contributed by atoms with Crippen molar-refractivity contribution in [2.45, 2.75) is 78.1 Å². The number of aromatic nitrogens is 3. The Labute approximate surface area is 301 Å². The van der Waals surface area contributed by atoms with Crippen molar-refractivity contribution in [1.29, 1.82) is 0 Å². The first-order valence-electron chi connectivity index (χ1n) is 16.7. The monoisotopic (exact) mass is 744 g/mol. The van der Waals surface area contributed by atoms with E-state index < -0.39 is 24.8 Å². The molecule has 0 aliphatic carbocycles. The van der Waals surface area contributed by atoms with Crippen LogP contribution in [-0.2, 0) is 29.4 Å². The number of carbonyl (C=O) groups excluding carboxylic acids is 1. The van der Waals surface area contributed by atoms with E-state index in [1.807, 2.05) is 53.7 Å². The summed E-state index contributed by atoms with van der Waals surface area (Å²) in [5.41, 5.74) is -0.343. The number of hydrogen-bond donors (Lipinski definition) is 2. The Morgan fingerprint density at radius 3 is 2.53 bits per heavy atom. The minimum atomic E-state index is -3.79. The SMILES string of the molecule is COc1cc2c(Nc3ncc(CC(=O)Nc4cccc(F)c4)s3)ncnc2cc1OCCCN1CCC(OP(=O)(OC(C)(C)C)OC(C)(C)C)C1. The molecule has 5 rings (SSSR count). The molecule has 2 N–H and O–H groups in total.